The Morgan fingerprint density at radius 1 is 1.03 bits per heavy atom. The number of carboxylic acids is 1. The highest BCUT2D eigenvalue weighted by Crippen LogP contribution is 2.53. The summed E-state index contributed by atoms with van der Waals surface area (Å²) in [5, 5.41) is 12.0. The number of carbonyl (C=O) groups excluding carboxylic acids is 1. The van der Waals surface area contributed by atoms with E-state index in [1.807, 2.05) is 24.3 Å². The first-order valence-corrected chi connectivity index (χ1v) is 10.1. The van der Waals surface area contributed by atoms with E-state index < -0.39 is 18.1 Å². The Hall–Kier alpha value is -2.86. The van der Waals surface area contributed by atoms with E-state index in [1.165, 1.54) is 0 Å². The van der Waals surface area contributed by atoms with E-state index in [0.29, 0.717) is 37.4 Å². The van der Waals surface area contributed by atoms with E-state index in [9.17, 15) is 14.7 Å². The topological polar surface area (TPSA) is 84.9 Å². The Morgan fingerprint density at radius 3 is 2.21 bits per heavy atom. The average Bonchev–Trinajstić information content (AvgIpc) is 3.07. The molecule has 6 nitrogen and oxygen atoms in total. The van der Waals surface area contributed by atoms with Gasteiger partial charge in [0.05, 0.1) is 13.2 Å². The standard InChI is InChI=1S/C23H23NO5/c25-22(26)21(9-17-18-10-28-11-19(17)18)24-23(27)29-12-20-15-7-3-1-5-13(15)14-6-2-4-8-16(14)20/h1-8,17-21H,9-12H2,(H,24,27)(H,25,26)/t18-,19-,21?/m1/s1. The number of hydrogen-bond donors (Lipinski definition) is 2. The van der Waals surface area contributed by atoms with Gasteiger partial charge in [0.2, 0.25) is 0 Å². The molecule has 5 rings (SSSR count). The van der Waals surface area contributed by atoms with Crippen LogP contribution in [0.2, 0.25) is 0 Å². The molecule has 0 spiro atoms. The lowest BCUT2D eigenvalue weighted by molar-refractivity contribution is -0.139. The Balaban J connectivity index is 1.23. The zero-order chi connectivity index (χ0) is 20.0. The molecule has 1 amide bonds. The molecule has 0 radical (unpaired) electrons. The van der Waals surface area contributed by atoms with Crippen LogP contribution in [0.15, 0.2) is 48.5 Å². The number of rotatable bonds is 6. The van der Waals surface area contributed by atoms with Gasteiger partial charge in [-0.2, -0.15) is 0 Å². The number of carbonyl (C=O) groups is 2. The molecule has 1 saturated carbocycles. The van der Waals surface area contributed by atoms with Crippen molar-refractivity contribution in [3.8, 4) is 11.1 Å². The number of nitrogens with one attached hydrogen (secondary N) is 1. The van der Waals surface area contributed by atoms with Gasteiger partial charge in [-0.25, -0.2) is 9.59 Å². The van der Waals surface area contributed by atoms with Crippen LogP contribution in [0.1, 0.15) is 23.5 Å². The molecule has 0 bridgehead atoms. The molecule has 1 saturated heterocycles. The second kappa shape index (κ2) is 7.19. The average molecular weight is 393 g/mol. The third-order valence-electron chi connectivity index (χ3n) is 6.57. The van der Waals surface area contributed by atoms with Crippen LogP contribution < -0.4 is 5.32 Å². The molecule has 29 heavy (non-hydrogen) atoms. The summed E-state index contributed by atoms with van der Waals surface area (Å²) in [6, 6.07) is 15.3. The number of ether oxygens (including phenoxy) is 2. The summed E-state index contributed by atoms with van der Waals surface area (Å²) in [6.45, 7) is 1.58. The number of amides is 1. The fraction of sp³-hybridized carbons (Fsp3) is 0.391. The molecule has 0 aromatic heterocycles. The van der Waals surface area contributed by atoms with E-state index in [2.05, 4.69) is 29.6 Å². The van der Waals surface area contributed by atoms with Crippen LogP contribution in [-0.2, 0) is 14.3 Å². The summed E-state index contributed by atoms with van der Waals surface area (Å²) >= 11 is 0. The summed E-state index contributed by atoms with van der Waals surface area (Å²) in [5.74, 6) is 0.141. The van der Waals surface area contributed by atoms with Gasteiger partial charge in [-0.15, -0.1) is 0 Å². The first kappa shape index (κ1) is 18.2. The fourth-order valence-electron chi connectivity index (χ4n) is 4.98. The Bertz CT molecular complexity index is 902. The Labute approximate surface area is 168 Å². The van der Waals surface area contributed by atoms with E-state index >= 15 is 0 Å². The monoisotopic (exact) mass is 393 g/mol. The Kier molecular flexibility index (Phi) is 4.51. The third-order valence-corrected chi connectivity index (χ3v) is 6.57. The second-order valence-electron chi connectivity index (χ2n) is 8.13. The molecule has 3 atom stereocenters. The fourth-order valence-corrected chi connectivity index (χ4v) is 4.98. The number of benzene rings is 2. The highest BCUT2D eigenvalue weighted by Gasteiger charge is 2.54. The van der Waals surface area contributed by atoms with Crippen LogP contribution in [0.5, 0.6) is 0 Å². The van der Waals surface area contributed by atoms with Crippen molar-refractivity contribution < 1.29 is 24.2 Å². The van der Waals surface area contributed by atoms with Gasteiger partial charge in [0.15, 0.2) is 0 Å². The summed E-state index contributed by atoms with van der Waals surface area (Å²) < 4.78 is 10.8. The molecule has 1 unspecified atom stereocenters. The van der Waals surface area contributed by atoms with Crippen LogP contribution in [0.25, 0.3) is 11.1 Å². The predicted octanol–water partition coefficient (Wildman–Crippen LogP) is 3.26. The molecule has 2 aliphatic carbocycles. The second-order valence-corrected chi connectivity index (χ2v) is 8.13. The van der Waals surface area contributed by atoms with Crippen molar-refractivity contribution in [2.24, 2.45) is 17.8 Å². The largest absolute Gasteiger partial charge is 0.480 e. The van der Waals surface area contributed by atoms with Gasteiger partial charge in [0.25, 0.3) is 0 Å². The minimum atomic E-state index is -1.02. The van der Waals surface area contributed by atoms with Crippen LogP contribution in [0, 0.1) is 17.8 Å². The maximum Gasteiger partial charge on any atom is 0.407 e. The molecule has 2 fully saturated rings. The van der Waals surface area contributed by atoms with Crippen LogP contribution in [0.3, 0.4) is 0 Å². The minimum absolute atomic E-state index is 0.0450. The highest BCUT2D eigenvalue weighted by molar-refractivity contribution is 5.81. The maximum atomic E-state index is 12.4. The summed E-state index contributed by atoms with van der Waals surface area (Å²) in [5.41, 5.74) is 4.57. The highest BCUT2D eigenvalue weighted by atomic mass is 16.5. The van der Waals surface area contributed by atoms with Crippen molar-refractivity contribution in [1.29, 1.82) is 0 Å². The quantitative estimate of drug-likeness (QED) is 0.787. The molecule has 3 aliphatic rings. The van der Waals surface area contributed by atoms with E-state index in [-0.39, 0.29) is 12.5 Å². The summed E-state index contributed by atoms with van der Waals surface area (Å²) in [6.07, 6.45) is -0.251. The third kappa shape index (κ3) is 3.27. The van der Waals surface area contributed by atoms with Crippen LogP contribution in [0.4, 0.5) is 4.79 Å². The molecule has 2 aromatic rings. The maximum absolute atomic E-state index is 12.4. The number of carboxylic acid groups (broad SMARTS) is 1. The zero-order valence-corrected chi connectivity index (χ0v) is 15.9. The first-order valence-electron chi connectivity index (χ1n) is 10.1. The summed E-state index contributed by atoms with van der Waals surface area (Å²) in [7, 11) is 0. The van der Waals surface area contributed by atoms with Gasteiger partial charge >= 0.3 is 12.1 Å². The molecule has 6 heteroatoms. The van der Waals surface area contributed by atoms with Crippen molar-refractivity contribution in [1.82, 2.24) is 5.32 Å². The smallest absolute Gasteiger partial charge is 0.407 e. The zero-order valence-electron chi connectivity index (χ0n) is 15.9. The molecule has 2 aromatic carbocycles. The molecular formula is C23H23NO5. The van der Waals surface area contributed by atoms with Gasteiger partial charge in [-0.3, -0.25) is 0 Å². The Morgan fingerprint density at radius 2 is 1.62 bits per heavy atom. The van der Waals surface area contributed by atoms with Crippen molar-refractivity contribution in [2.45, 2.75) is 18.4 Å². The molecular weight excluding hydrogens is 370 g/mol. The number of alkyl carbamates (subject to hydrolysis) is 1. The predicted molar refractivity (Wildman–Crippen MR) is 106 cm³/mol. The van der Waals surface area contributed by atoms with Crippen molar-refractivity contribution in [3.63, 3.8) is 0 Å². The van der Waals surface area contributed by atoms with Crippen LogP contribution >= 0.6 is 0 Å². The minimum Gasteiger partial charge on any atom is -0.480 e. The van der Waals surface area contributed by atoms with Crippen LogP contribution in [-0.4, -0.2) is 43.0 Å². The molecule has 2 N–H and O–H groups in total. The molecule has 150 valence electrons. The number of aliphatic carboxylic acids is 1. The van der Waals surface area contributed by atoms with E-state index in [4.69, 9.17) is 9.47 Å². The first-order chi connectivity index (χ1) is 14.1. The summed E-state index contributed by atoms with van der Waals surface area (Å²) in [4.78, 5) is 24.0. The normalized spacial score (nSPS) is 24.9. The van der Waals surface area contributed by atoms with Gasteiger partial charge in [-0.05, 0) is 46.4 Å². The lowest BCUT2D eigenvalue weighted by Gasteiger charge is -2.18. The van der Waals surface area contributed by atoms with Gasteiger partial charge in [-0.1, -0.05) is 48.5 Å². The lowest BCUT2D eigenvalue weighted by Crippen LogP contribution is -2.42. The van der Waals surface area contributed by atoms with Crippen molar-refractivity contribution in [3.05, 3.63) is 59.7 Å². The number of hydrogen-bond acceptors (Lipinski definition) is 4. The lowest BCUT2D eigenvalue weighted by atomic mass is 9.98. The van der Waals surface area contributed by atoms with Gasteiger partial charge in [0, 0.05) is 5.92 Å². The SMILES string of the molecule is O=C(NC(CC1[C@H]2COC[C@H]12)C(=O)O)OCC1c2ccccc2-c2ccccc21. The molecule has 1 aliphatic heterocycles. The van der Waals surface area contributed by atoms with E-state index in [0.717, 1.165) is 22.3 Å². The van der Waals surface area contributed by atoms with Gasteiger partial charge in [0.1, 0.15) is 12.6 Å². The van der Waals surface area contributed by atoms with Crippen molar-refractivity contribution >= 4 is 12.1 Å². The van der Waals surface area contributed by atoms with Crippen molar-refractivity contribution in [2.75, 3.05) is 19.8 Å². The van der Waals surface area contributed by atoms with Gasteiger partial charge < -0.3 is 19.9 Å². The van der Waals surface area contributed by atoms with E-state index in [1.54, 1.807) is 0 Å². The number of fused-ring (bicyclic) bond motifs is 4. The molecule has 1 heterocycles.